The van der Waals surface area contributed by atoms with Crippen LogP contribution in [0.15, 0.2) is 39.1 Å². The normalized spacial score (nSPS) is 11.8. The fourth-order valence-electron chi connectivity index (χ4n) is 1.49. The highest BCUT2D eigenvalue weighted by atomic mass is 79.9. The molecule has 4 nitrogen and oxygen atoms in total. The van der Waals surface area contributed by atoms with Gasteiger partial charge in [0.25, 0.3) is 0 Å². The third-order valence-corrected chi connectivity index (χ3v) is 3.93. The van der Waals surface area contributed by atoms with Crippen molar-refractivity contribution in [3.05, 3.63) is 34.6 Å². The second-order valence-corrected chi connectivity index (χ2v) is 7.19. The van der Waals surface area contributed by atoms with Crippen LogP contribution in [0.25, 0.3) is 0 Å². The average molecular weight is 341 g/mol. The summed E-state index contributed by atoms with van der Waals surface area (Å²) in [5.41, 5.74) is 1.34. The predicted octanol–water partition coefficient (Wildman–Crippen LogP) is 3.61. The molecule has 0 saturated heterocycles. The maximum atomic E-state index is 4.15. The molecule has 0 bridgehead atoms. The molecule has 0 unspecified atom stereocenters. The van der Waals surface area contributed by atoms with Crippen LogP contribution >= 0.6 is 27.7 Å². The van der Waals surface area contributed by atoms with Crippen LogP contribution in [-0.4, -0.2) is 20.7 Å². The van der Waals surface area contributed by atoms with Crippen LogP contribution in [0.2, 0.25) is 0 Å². The van der Waals surface area contributed by atoms with E-state index in [-0.39, 0.29) is 5.54 Å². The van der Waals surface area contributed by atoms with E-state index >= 15 is 0 Å². The molecule has 0 saturated carbocycles. The summed E-state index contributed by atoms with van der Waals surface area (Å²) in [5.74, 6) is 0. The fraction of sp³-hybridized carbons (Fsp3) is 0.385. The summed E-state index contributed by atoms with van der Waals surface area (Å²) < 4.78 is 1.08. The lowest BCUT2D eigenvalue weighted by Gasteiger charge is -2.21. The van der Waals surface area contributed by atoms with Crippen molar-refractivity contribution in [1.82, 2.24) is 20.5 Å². The van der Waals surface area contributed by atoms with E-state index in [2.05, 4.69) is 69.3 Å². The molecule has 0 aliphatic heterocycles. The quantitative estimate of drug-likeness (QED) is 0.892. The van der Waals surface area contributed by atoms with Gasteiger partial charge in [0.1, 0.15) is 6.33 Å². The van der Waals surface area contributed by atoms with Crippen molar-refractivity contribution in [2.24, 2.45) is 0 Å². The number of halogens is 1. The van der Waals surface area contributed by atoms with Crippen molar-refractivity contribution >= 4 is 27.7 Å². The molecule has 0 spiro atoms. The second kappa shape index (κ2) is 6.07. The van der Waals surface area contributed by atoms with Gasteiger partial charge in [0, 0.05) is 21.5 Å². The predicted molar refractivity (Wildman–Crippen MR) is 81.2 cm³/mol. The number of aromatic amines is 1. The Bertz CT molecular complexity index is 534. The zero-order valence-electron chi connectivity index (χ0n) is 11.2. The van der Waals surface area contributed by atoms with Gasteiger partial charge in [-0.1, -0.05) is 27.7 Å². The summed E-state index contributed by atoms with van der Waals surface area (Å²) in [6.45, 7) is 7.30. The fourth-order valence-corrected chi connectivity index (χ4v) is 2.71. The summed E-state index contributed by atoms with van der Waals surface area (Å²) >= 11 is 5.11. The van der Waals surface area contributed by atoms with Crippen molar-refractivity contribution in [2.75, 3.05) is 0 Å². The van der Waals surface area contributed by atoms with Crippen LogP contribution in [0.4, 0.5) is 0 Å². The van der Waals surface area contributed by atoms with E-state index in [0.717, 1.165) is 16.2 Å². The van der Waals surface area contributed by atoms with Crippen LogP contribution in [0.3, 0.4) is 0 Å². The first-order valence-corrected chi connectivity index (χ1v) is 7.62. The lowest BCUT2D eigenvalue weighted by atomic mass is 10.1. The first kappa shape index (κ1) is 14.6. The van der Waals surface area contributed by atoms with Crippen molar-refractivity contribution in [2.45, 2.75) is 42.9 Å². The van der Waals surface area contributed by atoms with Crippen molar-refractivity contribution in [3.8, 4) is 0 Å². The standard InChI is InChI=1S/C13H17BrN4S/c1-13(2,3)16-7-9-6-10(14)4-5-11(9)19-12-15-8-17-18-12/h4-6,8,16H,7H2,1-3H3,(H,15,17,18). The van der Waals surface area contributed by atoms with E-state index in [0.29, 0.717) is 0 Å². The second-order valence-electron chi connectivity index (χ2n) is 5.25. The van der Waals surface area contributed by atoms with E-state index in [1.165, 1.54) is 16.8 Å². The molecule has 0 fully saturated rings. The van der Waals surface area contributed by atoms with Crippen molar-refractivity contribution < 1.29 is 0 Å². The van der Waals surface area contributed by atoms with Crippen LogP contribution in [0.5, 0.6) is 0 Å². The zero-order valence-corrected chi connectivity index (χ0v) is 13.6. The molecule has 6 heteroatoms. The monoisotopic (exact) mass is 340 g/mol. The van der Waals surface area contributed by atoms with Gasteiger partial charge in [0.2, 0.25) is 0 Å². The van der Waals surface area contributed by atoms with E-state index < -0.39 is 0 Å². The first-order valence-electron chi connectivity index (χ1n) is 6.01. The molecule has 1 heterocycles. The highest BCUT2D eigenvalue weighted by molar-refractivity contribution is 9.10. The molecule has 0 atom stereocenters. The smallest absolute Gasteiger partial charge is 0.188 e. The summed E-state index contributed by atoms with van der Waals surface area (Å²) in [4.78, 5) is 5.33. The molecular formula is C13H17BrN4S. The van der Waals surface area contributed by atoms with Gasteiger partial charge in [-0.3, -0.25) is 5.10 Å². The Kier molecular flexibility index (Phi) is 4.65. The summed E-state index contributed by atoms with van der Waals surface area (Å²) in [6, 6.07) is 6.27. The molecule has 2 N–H and O–H groups in total. The zero-order chi connectivity index (χ0) is 13.9. The molecule has 1 aromatic carbocycles. The number of aromatic nitrogens is 3. The molecule has 0 aliphatic carbocycles. The Labute approximate surface area is 125 Å². The van der Waals surface area contributed by atoms with Gasteiger partial charge in [-0.05, 0) is 44.5 Å². The van der Waals surface area contributed by atoms with Gasteiger partial charge in [-0.25, -0.2) is 4.98 Å². The van der Waals surface area contributed by atoms with Crippen LogP contribution in [0, 0.1) is 0 Å². The van der Waals surface area contributed by atoms with Crippen LogP contribution < -0.4 is 5.32 Å². The third-order valence-electron chi connectivity index (χ3n) is 2.43. The van der Waals surface area contributed by atoms with Gasteiger partial charge in [-0.2, -0.15) is 5.10 Å². The summed E-state index contributed by atoms with van der Waals surface area (Å²) in [7, 11) is 0. The van der Waals surface area contributed by atoms with Crippen molar-refractivity contribution in [1.29, 1.82) is 0 Å². The molecule has 0 aliphatic rings. The van der Waals surface area contributed by atoms with Crippen molar-refractivity contribution in [3.63, 3.8) is 0 Å². The lowest BCUT2D eigenvalue weighted by molar-refractivity contribution is 0.422. The minimum atomic E-state index is 0.0937. The van der Waals surface area contributed by atoms with Gasteiger partial charge >= 0.3 is 0 Å². The van der Waals surface area contributed by atoms with Gasteiger partial charge < -0.3 is 5.32 Å². The number of rotatable bonds is 4. The molecule has 2 aromatic rings. The SMILES string of the molecule is CC(C)(C)NCc1cc(Br)ccc1Sc1ncn[nH]1. The lowest BCUT2D eigenvalue weighted by Crippen LogP contribution is -2.35. The van der Waals surface area contributed by atoms with E-state index in [1.807, 2.05) is 6.07 Å². The Morgan fingerprint density at radius 1 is 1.37 bits per heavy atom. The summed E-state index contributed by atoms with van der Waals surface area (Å²) in [6.07, 6.45) is 1.52. The maximum Gasteiger partial charge on any atom is 0.188 e. The highest BCUT2D eigenvalue weighted by Gasteiger charge is 2.12. The minimum Gasteiger partial charge on any atom is -0.308 e. The van der Waals surface area contributed by atoms with Crippen LogP contribution in [0.1, 0.15) is 26.3 Å². The van der Waals surface area contributed by atoms with Crippen LogP contribution in [-0.2, 0) is 6.54 Å². The number of nitrogens with zero attached hydrogens (tertiary/aromatic N) is 2. The maximum absolute atomic E-state index is 4.15. The molecule has 1 aromatic heterocycles. The molecule has 0 amide bonds. The first-order chi connectivity index (χ1) is 8.94. The number of nitrogens with one attached hydrogen (secondary N) is 2. The molecule has 19 heavy (non-hydrogen) atoms. The largest absolute Gasteiger partial charge is 0.308 e. The number of hydrogen-bond acceptors (Lipinski definition) is 4. The Morgan fingerprint density at radius 3 is 2.79 bits per heavy atom. The summed E-state index contributed by atoms with van der Waals surface area (Å²) in [5, 5.41) is 11.0. The van der Waals surface area contributed by atoms with Gasteiger partial charge in [0.15, 0.2) is 5.16 Å². The number of benzene rings is 1. The molecule has 2 rings (SSSR count). The minimum absolute atomic E-state index is 0.0937. The number of H-pyrrole nitrogens is 1. The Balaban J connectivity index is 2.18. The molecular weight excluding hydrogens is 324 g/mol. The molecule has 0 radical (unpaired) electrons. The van der Waals surface area contributed by atoms with E-state index in [9.17, 15) is 0 Å². The third kappa shape index (κ3) is 4.63. The molecule has 102 valence electrons. The Hall–Kier alpha value is -0.850. The highest BCUT2D eigenvalue weighted by Crippen LogP contribution is 2.30. The average Bonchev–Trinajstić information content (AvgIpc) is 2.81. The topological polar surface area (TPSA) is 53.6 Å². The number of hydrogen-bond donors (Lipinski definition) is 2. The van der Waals surface area contributed by atoms with E-state index in [4.69, 9.17) is 0 Å². The van der Waals surface area contributed by atoms with Gasteiger partial charge in [-0.15, -0.1) is 0 Å². The van der Waals surface area contributed by atoms with E-state index in [1.54, 1.807) is 11.8 Å². The Morgan fingerprint density at radius 2 is 2.16 bits per heavy atom. The van der Waals surface area contributed by atoms with Gasteiger partial charge in [0.05, 0.1) is 0 Å².